The van der Waals surface area contributed by atoms with Gasteiger partial charge in [-0.15, -0.1) is 0 Å². The molecule has 0 unspecified atom stereocenters. The Morgan fingerprint density at radius 3 is 2.61 bits per heavy atom. The molecule has 0 saturated heterocycles. The van der Waals surface area contributed by atoms with E-state index in [1.807, 2.05) is 26.0 Å². The molecule has 0 aliphatic carbocycles. The van der Waals surface area contributed by atoms with E-state index in [2.05, 4.69) is 9.97 Å². The molecule has 0 aliphatic heterocycles. The second kappa shape index (κ2) is 4.82. The van der Waals surface area contributed by atoms with Crippen molar-refractivity contribution in [1.29, 1.82) is 0 Å². The Morgan fingerprint density at radius 1 is 1.28 bits per heavy atom. The summed E-state index contributed by atoms with van der Waals surface area (Å²) in [5, 5.41) is 0.350. The van der Waals surface area contributed by atoms with Gasteiger partial charge in [0.25, 0.3) is 0 Å². The number of rotatable bonds is 2. The lowest BCUT2D eigenvalue weighted by molar-refractivity contribution is 0.415. The van der Waals surface area contributed by atoms with Crippen molar-refractivity contribution in [1.82, 2.24) is 9.97 Å². The first-order valence-corrected chi connectivity index (χ1v) is 5.84. The zero-order valence-corrected chi connectivity index (χ0v) is 11.2. The molecule has 1 heterocycles. The van der Waals surface area contributed by atoms with Gasteiger partial charge in [0, 0.05) is 0 Å². The average molecular weight is 264 g/mol. The summed E-state index contributed by atoms with van der Waals surface area (Å²) < 4.78 is 5.38. The minimum Gasteiger partial charge on any atom is -0.496 e. The summed E-state index contributed by atoms with van der Waals surface area (Å²) in [4.78, 5) is 8.40. The summed E-state index contributed by atoms with van der Waals surface area (Å²) in [5.74, 6) is 1.52. The van der Waals surface area contributed by atoms with Crippen LogP contribution in [0.2, 0.25) is 5.02 Å². The van der Waals surface area contributed by atoms with E-state index in [-0.39, 0.29) is 5.82 Å². The van der Waals surface area contributed by atoms with Crippen LogP contribution in [0.4, 0.5) is 5.82 Å². The van der Waals surface area contributed by atoms with Crippen LogP contribution in [-0.4, -0.2) is 17.1 Å². The second-order valence-electron chi connectivity index (χ2n) is 4.09. The first-order chi connectivity index (χ1) is 8.52. The standard InChI is InChI=1S/C13H14ClN3O/c1-7-4-8(2)11(10(5-7)18-3)13-16-6-9(14)12(15)17-13/h4-6H,1-3H3,(H2,15,16,17). The van der Waals surface area contributed by atoms with Gasteiger partial charge < -0.3 is 10.5 Å². The highest BCUT2D eigenvalue weighted by Gasteiger charge is 2.14. The number of aromatic nitrogens is 2. The molecule has 0 spiro atoms. The Hall–Kier alpha value is -1.81. The molecule has 0 saturated carbocycles. The number of nitrogen functional groups attached to an aromatic ring is 1. The van der Waals surface area contributed by atoms with E-state index in [0.717, 1.165) is 22.4 Å². The SMILES string of the molecule is COc1cc(C)cc(C)c1-c1ncc(Cl)c(N)n1. The molecule has 0 radical (unpaired) electrons. The van der Waals surface area contributed by atoms with Crippen LogP contribution >= 0.6 is 11.6 Å². The highest BCUT2D eigenvalue weighted by molar-refractivity contribution is 6.32. The molecule has 2 rings (SSSR count). The lowest BCUT2D eigenvalue weighted by Gasteiger charge is -2.12. The molecule has 0 amide bonds. The zero-order valence-electron chi connectivity index (χ0n) is 10.5. The van der Waals surface area contributed by atoms with E-state index >= 15 is 0 Å². The number of nitrogens with zero attached hydrogens (tertiary/aromatic N) is 2. The number of hydrogen-bond acceptors (Lipinski definition) is 4. The maximum atomic E-state index is 5.83. The number of anilines is 1. The first kappa shape index (κ1) is 12.6. The third kappa shape index (κ3) is 2.24. The van der Waals surface area contributed by atoms with Gasteiger partial charge in [-0.3, -0.25) is 0 Å². The van der Waals surface area contributed by atoms with Gasteiger partial charge in [-0.2, -0.15) is 0 Å². The van der Waals surface area contributed by atoms with Crippen LogP contribution in [0, 0.1) is 13.8 Å². The van der Waals surface area contributed by atoms with Gasteiger partial charge in [0.2, 0.25) is 0 Å². The molecule has 0 aliphatic rings. The molecule has 1 aromatic heterocycles. The number of hydrogen-bond donors (Lipinski definition) is 1. The smallest absolute Gasteiger partial charge is 0.165 e. The summed E-state index contributed by atoms with van der Waals surface area (Å²) >= 11 is 5.83. The van der Waals surface area contributed by atoms with Gasteiger partial charge in [0.05, 0.1) is 18.9 Å². The van der Waals surface area contributed by atoms with Crippen LogP contribution in [0.1, 0.15) is 11.1 Å². The topological polar surface area (TPSA) is 61.0 Å². The molecule has 2 N–H and O–H groups in total. The van der Waals surface area contributed by atoms with Crippen molar-refractivity contribution in [2.75, 3.05) is 12.8 Å². The third-order valence-corrected chi connectivity index (χ3v) is 2.95. The van der Waals surface area contributed by atoms with Crippen LogP contribution in [-0.2, 0) is 0 Å². The van der Waals surface area contributed by atoms with Crippen molar-refractivity contribution in [3.63, 3.8) is 0 Å². The Kier molecular flexibility index (Phi) is 3.39. The summed E-state index contributed by atoms with van der Waals surface area (Å²) in [5.41, 5.74) is 8.70. The highest BCUT2D eigenvalue weighted by Crippen LogP contribution is 2.33. The van der Waals surface area contributed by atoms with Gasteiger partial charge in [-0.05, 0) is 31.0 Å². The fourth-order valence-corrected chi connectivity index (χ4v) is 1.97. The molecule has 94 valence electrons. The van der Waals surface area contributed by atoms with E-state index in [9.17, 15) is 0 Å². The van der Waals surface area contributed by atoms with Crippen molar-refractivity contribution in [2.24, 2.45) is 0 Å². The molecule has 0 fully saturated rings. The Labute approximate surface area is 111 Å². The second-order valence-corrected chi connectivity index (χ2v) is 4.49. The minimum atomic E-state index is 0.267. The average Bonchev–Trinajstić information content (AvgIpc) is 2.32. The number of aryl methyl sites for hydroxylation is 2. The van der Waals surface area contributed by atoms with Crippen molar-refractivity contribution >= 4 is 17.4 Å². The fraction of sp³-hybridized carbons (Fsp3) is 0.231. The van der Waals surface area contributed by atoms with E-state index < -0.39 is 0 Å². The predicted octanol–water partition coefficient (Wildman–Crippen LogP) is 3.00. The van der Waals surface area contributed by atoms with E-state index in [0.29, 0.717) is 10.8 Å². The van der Waals surface area contributed by atoms with Crippen LogP contribution in [0.5, 0.6) is 5.75 Å². The van der Waals surface area contributed by atoms with Crippen molar-refractivity contribution < 1.29 is 4.74 Å². The molecule has 0 bridgehead atoms. The van der Waals surface area contributed by atoms with Crippen LogP contribution < -0.4 is 10.5 Å². The number of methoxy groups -OCH3 is 1. The minimum absolute atomic E-state index is 0.267. The van der Waals surface area contributed by atoms with E-state index in [1.54, 1.807) is 7.11 Å². The molecule has 5 heteroatoms. The van der Waals surface area contributed by atoms with Crippen LogP contribution in [0.3, 0.4) is 0 Å². The summed E-state index contributed by atoms with van der Waals surface area (Å²) in [6.45, 7) is 4.00. The molecular formula is C13H14ClN3O. The first-order valence-electron chi connectivity index (χ1n) is 5.46. The van der Waals surface area contributed by atoms with Gasteiger partial charge in [0.15, 0.2) is 5.82 Å². The quantitative estimate of drug-likeness (QED) is 0.905. The van der Waals surface area contributed by atoms with Gasteiger partial charge >= 0.3 is 0 Å². The van der Waals surface area contributed by atoms with Crippen molar-refractivity contribution in [3.05, 3.63) is 34.5 Å². The summed E-state index contributed by atoms with van der Waals surface area (Å²) in [7, 11) is 1.62. The number of ether oxygens (including phenoxy) is 1. The highest BCUT2D eigenvalue weighted by atomic mass is 35.5. The summed E-state index contributed by atoms with van der Waals surface area (Å²) in [6.07, 6.45) is 1.50. The van der Waals surface area contributed by atoms with Gasteiger partial charge in [-0.25, -0.2) is 9.97 Å². The fourth-order valence-electron chi connectivity index (χ4n) is 1.88. The Bertz CT molecular complexity index is 599. The molecule has 18 heavy (non-hydrogen) atoms. The maximum Gasteiger partial charge on any atom is 0.165 e. The normalized spacial score (nSPS) is 10.4. The third-order valence-electron chi connectivity index (χ3n) is 2.66. The zero-order chi connectivity index (χ0) is 13.3. The maximum absolute atomic E-state index is 5.83. The summed E-state index contributed by atoms with van der Waals surface area (Å²) in [6, 6.07) is 3.99. The molecule has 4 nitrogen and oxygen atoms in total. The lowest BCUT2D eigenvalue weighted by Crippen LogP contribution is -2.00. The largest absolute Gasteiger partial charge is 0.496 e. The van der Waals surface area contributed by atoms with Crippen molar-refractivity contribution in [3.8, 4) is 17.1 Å². The molecule has 2 aromatic rings. The van der Waals surface area contributed by atoms with Gasteiger partial charge in [-0.1, -0.05) is 17.7 Å². The van der Waals surface area contributed by atoms with Crippen LogP contribution in [0.25, 0.3) is 11.4 Å². The van der Waals surface area contributed by atoms with Crippen molar-refractivity contribution in [2.45, 2.75) is 13.8 Å². The van der Waals surface area contributed by atoms with Crippen LogP contribution in [0.15, 0.2) is 18.3 Å². The predicted molar refractivity (Wildman–Crippen MR) is 72.9 cm³/mol. The number of nitrogens with two attached hydrogens (primary N) is 1. The van der Waals surface area contributed by atoms with E-state index in [1.165, 1.54) is 6.20 Å². The number of halogens is 1. The Balaban J connectivity index is 2.66. The van der Waals surface area contributed by atoms with E-state index in [4.69, 9.17) is 22.1 Å². The number of benzene rings is 1. The van der Waals surface area contributed by atoms with Gasteiger partial charge in [0.1, 0.15) is 16.6 Å². The molecule has 0 atom stereocenters. The monoisotopic (exact) mass is 263 g/mol. The lowest BCUT2D eigenvalue weighted by atomic mass is 10.0. The Morgan fingerprint density at radius 2 is 2.00 bits per heavy atom. The molecular weight excluding hydrogens is 250 g/mol. The molecule has 1 aromatic carbocycles.